The van der Waals surface area contributed by atoms with Gasteiger partial charge in [-0.25, -0.2) is 13.2 Å². The Kier molecular flexibility index (Phi) is 5.62. The van der Waals surface area contributed by atoms with E-state index in [4.69, 9.17) is 33.7 Å². The first-order valence-corrected chi connectivity index (χ1v) is 9.56. The highest BCUT2D eigenvalue weighted by molar-refractivity contribution is 7.91. The molecule has 2 rings (SSSR count). The third-order valence-corrected chi connectivity index (χ3v) is 6.07. The maximum Gasteiger partial charge on any atom is 0.340 e. The molecule has 1 saturated heterocycles. The molecule has 0 bridgehead atoms. The molecule has 1 amide bonds. The lowest BCUT2D eigenvalue weighted by atomic mass is 10.2. The number of carbonyl (C=O) groups is 2. The predicted octanol–water partition coefficient (Wildman–Crippen LogP) is 1.38. The molecule has 0 unspecified atom stereocenters. The van der Waals surface area contributed by atoms with E-state index < -0.39 is 34.4 Å². The fraction of sp³-hybridized carbons (Fsp3) is 0.429. The fourth-order valence-electron chi connectivity index (χ4n) is 2.34. The number of nitrogen functional groups attached to an aromatic ring is 1. The smallest absolute Gasteiger partial charge is 0.340 e. The summed E-state index contributed by atoms with van der Waals surface area (Å²) in [4.78, 5) is 25.4. The summed E-state index contributed by atoms with van der Waals surface area (Å²) in [5, 5.41) is 0.315. The highest BCUT2D eigenvalue weighted by Gasteiger charge is 2.33. The number of halogens is 2. The number of sulfone groups is 1. The van der Waals surface area contributed by atoms with Crippen molar-refractivity contribution in [2.24, 2.45) is 0 Å². The number of ether oxygens (including phenoxy) is 1. The molecule has 0 aliphatic carbocycles. The van der Waals surface area contributed by atoms with Crippen LogP contribution in [0, 0.1) is 0 Å². The number of rotatable bonds is 4. The minimum Gasteiger partial charge on any atom is -0.452 e. The van der Waals surface area contributed by atoms with Crippen molar-refractivity contribution in [1.29, 1.82) is 0 Å². The zero-order valence-corrected chi connectivity index (χ0v) is 15.1. The summed E-state index contributed by atoms with van der Waals surface area (Å²) >= 11 is 11.7. The van der Waals surface area contributed by atoms with Gasteiger partial charge in [0.25, 0.3) is 5.91 Å². The van der Waals surface area contributed by atoms with Crippen LogP contribution < -0.4 is 5.73 Å². The van der Waals surface area contributed by atoms with E-state index in [0.29, 0.717) is 6.42 Å². The van der Waals surface area contributed by atoms with Crippen molar-refractivity contribution in [3.63, 3.8) is 0 Å². The molecule has 1 aliphatic heterocycles. The van der Waals surface area contributed by atoms with Gasteiger partial charge in [0.05, 0.1) is 27.8 Å². The topological polar surface area (TPSA) is 107 Å². The Balaban J connectivity index is 1.98. The monoisotopic (exact) mass is 394 g/mol. The Hall–Kier alpha value is -1.51. The van der Waals surface area contributed by atoms with Crippen LogP contribution in [-0.2, 0) is 19.4 Å². The van der Waals surface area contributed by atoms with Gasteiger partial charge in [0.2, 0.25) is 0 Å². The highest BCUT2D eigenvalue weighted by Crippen LogP contribution is 2.28. The highest BCUT2D eigenvalue weighted by atomic mass is 35.5. The molecule has 7 nitrogen and oxygen atoms in total. The van der Waals surface area contributed by atoms with Gasteiger partial charge in [-0.15, -0.1) is 0 Å². The molecule has 1 aliphatic rings. The van der Waals surface area contributed by atoms with Gasteiger partial charge < -0.3 is 15.4 Å². The van der Waals surface area contributed by atoms with Crippen LogP contribution in [0.4, 0.5) is 5.69 Å². The molecular formula is C14H16Cl2N2O5S. The Morgan fingerprint density at radius 2 is 2.04 bits per heavy atom. The third-order valence-electron chi connectivity index (χ3n) is 3.79. The Morgan fingerprint density at radius 1 is 1.38 bits per heavy atom. The summed E-state index contributed by atoms with van der Waals surface area (Å²) in [6, 6.07) is 2.27. The molecular weight excluding hydrogens is 379 g/mol. The van der Waals surface area contributed by atoms with E-state index in [1.807, 2.05) is 0 Å². The van der Waals surface area contributed by atoms with Gasteiger partial charge in [-0.2, -0.15) is 0 Å². The number of anilines is 1. The van der Waals surface area contributed by atoms with Crippen LogP contribution in [-0.4, -0.2) is 56.4 Å². The van der Waals surface area contributed by atoms with E-state index in [1.54, 1.807) is 0 Å². The quantitative estimate of drug-likeness (QED) is 0.610. The molecule has 24 heavy (non-hydrogen) atoms. The Bertz CT molecular complexity index is 782. The lowest BCUT2D eigenvalue weighted by Gasteiger charge is -2.23. The second kappa shape index (κ2) is 7.16. The fourth-order valence-corrected chi connectivity index (χ4v) is 4.61. The van der Waals surface area contributed by atoms with Crippen molar-refractivity contribution in [2.45, 2.75) is 12.5 Å². The Morgan fingerprint density at radius 3 is 2.62 bits per heavy atom. The average Bonchev–Trinajstić information content (AvgIpc) is 2.87. The predicted molar refractivity (Wildman–Crippen MR) is 91.0 cm³/mol. The van der Waals surface area contributed by atoms with Crippen LogP contribution in [0.3, 0.4) is 0 Å². The van der Waals surface area contributed by atoms with E-state index in [2.05, 4.69) is 0 Å². The summed E-state index contributed by atoms with van der Waals surface area (Å²) < 4.78 is 27.9. The maximum absolute atomic E-state index is 12.1. The van der Waals surface area contributed by atoms with E-state index in [-0.39, 0.29) is 32.8 Å². The molecule has 1 fully saturated rings. The number of esters is 1. The van der Waals surface area contributed by atoms with Gasteiger partial charge in [-0.1, -0.05) is 23.2 Å². The van der Waals surface area contributed by atoms with E-state index >= 15 is 0 Å². The molecule has 1 aromatic carbocycles. The lowest BCUT2D eigenvalue weighted by Crippen LogP contribution is -2.40. The largest absolute Gasteiger partial charge is 0.452 e. The normalized spacial score (nSPS) is 19.0. The third kappa shape index (κ3) is 4.31. The van der Waals surface area contributed by atoms with Crippen LogP contribution in [0.1, 0.15) is 16.8 Å². The summed E-state index contributed by atoms with van der Waals surface area (Å²) in [6.07, 6.45) is 0.370. The minimum atomic E-state index is -3.11. The van der Waals surface area contributed by atoms with Gasteiger partial charge in [-0.05, 0) is 18.6 Å². The Labute approximate surface area is 149 Å². The van der Waals surface area contributed by atoms with Crippen molar-refractivity contribution in [2.75, 3.05) is 30.9 Å². The number of carbonyl (C=O) groups excluding carboxylic acids is 2. The molecule has 1 atom stereocenters. The molecule has 1 aromatic rings. The number of amides is 1. The molecule has 1 heterocycles. The minimum absolute atomic E-state index is 0.00811. The van der Waals surface area contributed by atoms with Gasteiger partial charge in [0.15, 0.2) is 16.4 Å². The van der Waals surface area contributed by atoms with E-state index in [1.165, 1.54) is 24.1 Å². The molecule has 0 aromatic heterocycles. The first kappa shape index (κ1) is 18.8. The zero-order valence-electron chi connectivity index (χ0n) is 12.8. The summed E-state index contributed by atoms with van der Waals surface area (Å²) in [5.74, 6) is -1.37. The number of nitrogens with two attached hydrogens (primary N) is 1. The van der Waals surface area contributed by atoms with Gasteiger partial charge in [0.1, 0.15) is 0 Å². The standard InChI is InChI=1S/C14H16Cl2N2O5S/c1-18(9-2-3-24(21,22)7-9)12(19)6-23-14(20)10-4-8(15)5-11(16)13(10)17/h4-5,9H,2-3,6-7,17H2,1H3/t9-/m0/s1. The van der Waals surface area contributed by atoms with Gasteiger partial charge >= 0.3 is 5.97 Å². The second-order valence-electron chi connectivity index (χ2n) is 5.49. The molecule has 132 valence electrons. The summed E-state index contributed by atoms with van der Waals surface area (Å²) in [5.41, 5.74) is 5.67. The van der Waals surface area contributed by atoms with E-state index in [0.717, 1.165) is 0 Å². The lowest BCUT2D eigenvalue weighted by molar-refractivity contribution is -0.134. The number of likely N-dealkylation sites (N-methyl/N-ethyl adjacent to an activating group) is 1. The number of nitrogens with zero attached hydrogens (tertiary/aromatic N) is 1. The van der Waals surface area contributed by atoms with Crippen molar-refractivity contribution in [1.82, 2.24) is 4.90 Å². The van der Waals surface area contributed by atoms with Crippen LogP contribution in [0.5, 0.6) is 0 Å². The van der Waals surface area contributed by atoms with Crippen LogP contribution in [0.25, 0.3) is 0 Å². The van der Waals surface area contributed by atoms with Crippen molar-refractivity contribution >= 4 is 50.6 Å². The summed E-state index contributed by atoms with van der Waals surface area (Å²) in [6.45, 7) is -0.532. The van der Waals surface area contributed by atoms with Crippen molar-refractivity contribution in [3.05, 3.63) is 27.7 Å². The summed E-state index contributed by atoms with van der Waals surface area (Å²) in [7, 11) is -1.63. The van der Waals surface area contributed by atoms with Crippen LogP contribution in [0.15, 0.2) is 12.1 Å². The molecule has 0 spiro atoms. The zero-order chi connectivity index (χ0) is 18.1. The van der Waals surface area contributed by atoms with E-state index in [9.17, 15) is 18.0 Å². The number of hydrogen-bond donors (Lipinski definition) is 1. The molecule has 0 radical (unpaired) electrons. The SMILES string of the molecule is CN(C(=O)COC(=O)c1cc(Cl)cc(Cl)c1N)[C@H]1CCS(=O)(=O)C1. The van der Waals surface area contributed by atoms with Gasteiger partial charge in [-0.3, -0.25) is 4.79 Å². The van der Waals surface area contributed by atoms with Crippen molar-refractivity contribution in [3.8, 4) is 0 Å². The van der Waals surface area contributed by atoms with Crippen LogP contribution in [0.2, 0.25) is 10.0 Å². The van der Waals surface area contributed by atoms with Crippen molar-refractivity contribution < 1.29 is 22.7 Å². The average molecular weight is 395 g/mol. The first-order valence-electron chi connectivity index (χ1n) is 6.98. The number of benzene rings is 1. The maximum atomic E-state index is 12.1. The number of hydrogen-bond acceptors (Lipinski definition) is 6. The van der Waals surface area contributed by atoms with Crippen LogP contribution >= 0.6 is 23.2 Å². The molecule has 10 heteroatoms. The first-order chi connectivity index (χ1) is 11.1. The molecule has 0 saturated carbocycles. The second-order valence-corrected chi connectivity index (χ2v) is 8.56. The van der Waals surface area contributed by atoms with Gasteiger partial charge in [0, 0.05) is 18.1 Å². The molecule has 2 N–H and O–H groups in total.